The van der Waals surface area contributed by atoms with Crippen molar-refractivity contribution in [2.75, 3.05) is 18.6 Å². The molecular weight excluding hydrogens is 316 g/mol. The van der Waals surface area contributed by atoms with Crippen LogP contribution in [0.25, 0.3) is 0 Å². The summed E-state index contributed by atoms with van der Waals surface area (Å²) in [5.74, 6) is 0.229. The van der Waals surface area contributed by atoms with Crippen molar-refractivity contribution in [1.29, 1.82) is 5.26 Å². The molecule has 0 unspecified atom stereocenters. The Morgan fingerprint density at radius 2 is 2.04 bits per heavy atom. The zero-order chi connectivity index (χ0) is 17.1. The molecule has 124 valence electrons. The second kappa shape index (κ2) is 10.5. The number of para-hydroxylation sites is 1. The summed E-state index contributed by atoms with van der Waals surface area (Å²) < 4.78 is 10.3. The molecule has 0 aromatic heterocycles. The Kier molecular flexibility index (Phi) is 8.62. The van der Waals surface area contributed by atoms with Crippen molar-refractivity contribution in [1.82, 2.24) is 5.32 Å². The van der Waals surface area contributed by atoms with Crippen molar-refractivity contribution >= 4 is 23.6 Å². The van der Waals surface area contributed by atoms with Gasteiger partial charge < -0.3 is 14.8 Å². The van der Waals surface area contributed by atoms with Gasteiger partial charge in [-0.15, -0.1) is 0 Å². The molecule has 1 rings (SSSR count). The number of amides is 1. The van der Waals surface area contributed by atoms with Crippen molar-refractivity contribution in [3.63, 3.8) is 0 Å². The van der Waals surface area contributed by atoms with E-state index in [0.717, 1.165) is 0 Å². The number of nitrogens with zero attached hydrogens (tertiary/aromatic N) is 1. The highest BCUT2D eigenvalue weighted by atomic mass is 32.2. The van der Waals surface area contributed by atoms with Gasteiger partial charge in [0, 0.05) is 0 Å². The molecule has 0 spiro atoms. The van der Waals surface area contributed by atoms with Crippen LogP contribution in [0.5, 0.6) is 5.75 Å². The van der Waals surface area contributed by atoms with Gasteiger partial charge in [-0.1, -0.05) is 18.2 Å². The Morgan fingerprint density at radius 1 is 1.35 bits per heavy atom. The standard InChI is InChI=1S/C16H20N2O4S/c1-12(10-17)22-16(20)14(8-9-23-2)18-15(19)11-21-13-6-4-3-5-7-13/h3-7,12,14H,8-9,11H2,1-2H3,(H,18,19)/t12-,14-/m1/s1. The molecule has 0 saturated carbocycles. The lowest BCUT2D eigenvalue weighted by Gasteiger charge is -2.18. The van der Waals surface area contributed by atoms with Crippen LogP contribution < -0.4 is 10.1 Å². The van der Waals surface area contributed by atoms with Crippen molar-refractivity contribution in [3.05, 3.63) is 30.3 Å². The molecule has 0 aliphatic carbocycles. The normalized spacial score (nSPS) is 12.6. The molecule has 1 aromatic rings. The van der Waals surface area contributed by atoms with Gasteiger partial charge in [0.1, 0.15) is 17.9 Å². The fourth-order valence-corrected chi connectivity index (χ4v) is 2.14. The summed E-state index contributed by atoms with van der Waals surface area (Å²) in [7, 11) is 0. The average Bonchev–Trinajstić information content (AvgIpc) is 2.57. The fourth-order valence-electron chi connectivity index (χ4n) is 1.67. The maximum atomic E-state index is 12.0. The topological polar surface area (TPSA) is 88.4 Å². The molecule has 0 saturated heterocycles. The van der Waals surface area contributed by atoms with Gasteiger partial charge >= 0.3 is 5.97 Å². The molecule has 1 amide bonds. The minimum absolute atomic E-state index is 0.194. The van der Waals surface area contributed by atoms with E-state index in [1.165, 1.54) is 6.92 Å². The first-order valence-corrected chi connectivity index (χ1v) is 8.52. The molecule has 0 radical (unpaired) electrons. The number of benzene rings is 1. The predicted octanol–water partition coefficient (Wildman–Crippen LogP) is 1.76. The van der Waals surface area contributed by atoms with E-state index in [-0.39, 0.29) is 6.61 Å². The second-order valence-corrected chi connectivity index (χ2v) is 5.70. The zero-order valence-electron chi connectivity index (χ0n) is 13.2. The summed E-state index contributed by atoms with van der Waals surface area (Å²) >= 11 is 1.55. The third kappa shape index (κ3) is 7.56. The molecule has 7 heteroatoms. The lowest BCUT2D eigenvalue weighted by atomic mass is 10.2. The number of carbonyl (C=O) groups is 2. The first kappa shape index (κ1) is 18.8. The predicted molar refractivity (Wildman–Crippen MR) is 88.0 cm³/mol. The van der Waals surface area contributed by atoms with Crippen LogP contribution in [-0.4, -0.2) is 42.6 Å². The van der Waals surface area contributed by atoms with Crippen LogP contribution in [0.4, 0.5) is 0 Å². The highest BCUT2D eigenvalue weighted by Crippen LogP contribution is 2.08. The van der Waals surface area contributed by atoms with Gasteiger partial charge in [0.25, 0.3) is 5.91 Å². The minimum atomic E-state index is -0.850. The van der Waals surface area contributed by atoms with Crippen molar-refractivity contribution in [2.24, 2.45) is 0 Å². The van der Waals surface area contributed by atoms with Crippen LogP contribution in [0.1, 0.15) is 13.3 Å². The SMILES string of the molecule is CSCC[C@@H](NC(=O)COc1ccccc1)C(=O)O[C@H](C)C#N. The molecule has 0 aliphatic rings. The summed E-state index contributed by atoms with van der Waals surface area (Å²) in [4.78, 5) is 23.9. The number of nitriles is 1. The zero-order valence-corrected chi connectivity index (χ0v) is 14.0. The van der Waals surface area contributed by atoms with Crippen molar-refractivity contribution < 1.29 is 19.1 Å². The Labute approximate surface area is 140 Å². The number of carbonyl (C=O) groups excluding carboxylic acids is 2. The van der Waals surface area contributed by atoms with Crippen molar-refractivity contribution in [2.45, 2.75) is 25.5 Å². The lowest BCUT2D eigenvalue weighted by molar-refractivity contribution is -0.150. The van der Waals surface area contributed by atoms with Crippen LogP contribution in [0.3, 0.4) is 0 Å². The van der Waals surface area contributed by atoms with Gasteiger partial charge in [-0.2, -0.15) is 17.0 Å². The Bertz CT molecular complexity index is 545. The first-order valence-electron chi connectivity index (χ1n) is 7.13. The summed E-state index contributed by atoms with van der Waals surface area (Å²) in [5.41, 5.74) is 0. The van der Waals surface area contributed by atoms with Crippen LogP contribution >= 0.6 is 11.8 Å². The maximum Gasteiger partial charge on any atom is 0.329 e. The van der Waals surface area contributed by atoms with Gasteiger partial charge in [-0.05, 0) is 37.5 Å². The third-order valence-electron chi connectivity index (χ3n) is 2.82. The molecule has 23 heavy (non-hydrogen) atoms. The quantitative estimate of drug-likeness (QED) is 0.691. The van der Waals surface area contributed by atoms with Crippen LogP contribution in [0, 0.1) is 11.3 Å². The summed E-state index contributed by atoms with van der Waals surface area (Å²) in [6, 6.07) is 9.96. The largest absolute Gasteiger partial charge is 0.484 e. The van der Waals surface area contributed by atoms with Gasteiger partial charge in [0.15, 0.2) is 12.7 Å². The van der Waals surface area contributed by atoms with E-state index < -0.39 is 24.0 Å². The molecule has 1 aromatic carbocycles. The van der Waals surface area contributed by atoms with E-state index in [0.29, 0.717) is 17.9 Å². The van der Waals surface area contributed by atoms with Gasteiger partial charge in [-0.25, -0.2) is 4.79 Å². The lowest BCUT2D eigenvalue weighted by Crippen LogP contribution is -2.44. The smallest absolute Gasteiger partial charge is 0.329 e. The van der Waals surface area contributed by atoms with E-state index in [1.54, 1.807) is 36.0 Å². The summed E-state index contributed by atoms with van der Waals surface area (Å²) in [6.07, 6.45) is 1.48. The minimum Gasteiger partial charge on any atom is -0.484 e. The number of hydrogen-bond acceptors (Lipinski definition) is 6. The Hall–Kier alpha value is -2.20. The van der Waals surface area contributed by atoms with Crippen LogP contribution in [0.15, 0.2) is 30.3 Å². The summed E-state index contributed by atoms with van der Waals surface area (Å²) in [6.45, 7) is 1.28. The Morgan fingerprint density at radius 3 is 2.65 bits per heavy atom. The molecule has 0 bridgehead atoms. The van der Waals surface area contributed by atoms with Gasteiger partial charge in [0.2, 0.25) is 0 Å². The van der Waals surface area contributed by atoms with E-state index in [1.807, 2.05) is 18.4 Å². The molecule has 0 aliphatic heterocycles. The second-order valence-electron chi connectivity index (χ2n) is 4.71. The molecule has 6 nitrogen and oxygen atoms in total. The van der Waals surface area contributed by atoms with Crippen molar-refractivity contribution in [3.8, 4) is 11.8 Å². The molecular formula is C16H20N2O4S. The third-order valence-corrected chi connectivity index (χ3v) is 3.46. The highest BCUT2D eigenvalue weighted by Gasteiger charge is 2.23. The van der Waals surface area contributed by atoms with E-state index in [9.17, 15) is 9.59 Å². The number of rotatable bonds is 9. The molecule has 1 N–H and O–H groups in total. The average molecular weight is 336 g/mol. The van der Waals surface area contributed by atoms with E-state index in [4.69, 9.17) is 14.7 Å². The Balaban J connectivity index is 2.52. The van der Waals surface area contributed by atoms with Crippen LogP contribution in [0.2, 0.25) is 0 Å². The highest BCUT2D eigenvalue weighted by molar-refractivity contribution is 7.98. The number of esters is 1. The number of hydrogen-bond donors (Lipinski definition) is 1. The van der Waals surface area contributed by atoms with Crippen LogP contribution in [-0.2, 0) is 14.3 Å². The molecule has 0 heterocycles. The summed E-state index contributed by atoms with van der Waals surface area (Å²) in [5, 5.41) is 11.3. The fraction of sp³-hybridized carbons (Fsp3) is 0.438. The molecule has 2 atom stereocenters. The number of nitrogens with one attached hydrogen (secondary N) is 1. The maximum absolute atomic E-state index is 12.0. The monoisotopic (exact) mass is 336 g/mol. The van der Waals surface area contributed by atoms with Gasteiger partial charge in [-0.3, -0.25) is 4.79 Å². The number of ether oxygens (including phenoxy) is 2. The van der Waals surface area contributed by atoms with E-state index in [2.05, 4.69) is 5.32 Å². The van der Waals surface area contributed by atoms with E-state index >= 15 is 0 Å². The van der Waals surface area contributed by atoms with Gasteiger partial charge in [0.05, 0.1) is 0 Å². The number of thioether (sulfide) groups is 1. The first-order chi connectivity index (χ1) is 11.1. The molecule has 0 fully saturated rings.